The number of rotatable bonds is 6. The van der Waals surface area contributed by atoms with Gasteiger partial charge in [-0.05, 0) is 25.3 Å². The topological polar surface area (TPSA) is 62.7 Å². The summed E-state index contributed by atoms with van der Waals surface area (Å²) in [6.45, 7) is 4.37. The zero-order valence-electron chi connectivity index (χ0n) is 16.5. The van der Waals surface area contributed by atoms with E-state index in [1.807, 2.05) is 42.6 Å². The minimum absolute atomic E-state index is 0.00633. The number of carbonyl (C=O) groups is 2. The van der Waals surface area contributed by atoms with E-state index in [-0.39, 0.29) is 24.5 Å². The Labute approximate surface area is 175 Å². The summed E-state index contributed by atoms with van der Waals surface area (Å²) in [7, 11) is 0. The zero-order chi connectivity index (χ0) is 20.6. The SMILES string of the molecule is C#CCOC(=O)N1CCC(c2nc(C(=O)N(CC)Cc3ccccc3)cs2)CC1. The molecule has 1 aliphatic rings. The number of hydrogen-bond acceptors (Lipinski definition) is 5. The molecule has 1 aromatic carbocycles. The molecule has 0 aliphatic carbocycles. The highest BCUT2D eigenvalue weighted by atomic mass is 32.1. The lowest BCUT2D eigenvalue weighted by atomic mass is 9.98. The summed E-state index contributed by atoms with van der Waals surface area (Å²) >= 11 is 1.52. The van der Waals surface area contributed by atoms with Crippen molar-refractivity contribution in [3.63, 3.8) is 0 Å². The molecule has 2 aromatic rings. The molecule has 0 radical (unpaired) electrons. The maximum absolute atomic E-state index is 12.9. The van der Waals surface area contributed by atoms with Crippen LogP contribution in [-0.4, -0.2) is 53.0 Å². The van der Waals surface area contributed by atoms with Gasteiger partial charge in [-0.2, -0.15) is 0 Å². The monoisotopic (exact) mass is 411 g/mol. The maximum Gasteiger partial charge on any atom is 0.410 e. The first-order valence-corrected chi connectivity index (χ1v) is 10.6. The second kappa shape index (κ2) is 10.1. The highest BCUT2D eigenvalue weighted by Crippen LogP contribution is 2.31. The largest absolute Gasteiger partial charge is 0.436 e. The first-order chi connectivity index (χ1) is 14.1. The number of terminal acetylenes is 1. The molecule has 0 saturated carbocycles. The van der Waals surface area contributed by atoms with Gasteiger partial charge in [0.15, 0.2) is 6.61 Å². The van der Waals surface area contributed by atoms with E-state index in [9.17, 15) is 9.59 Å². The van der Waals surface area contributed by atoms with Crippen LogP contribution in [0.1, 0.15) is 46.7 Å². The molecule has 0 N–H and O–H groups in total. The van der Waals surface area contributed by atoms with Gasteiger partial charge in [0.2, 0.25) is 0 Å². The number of thiazole rings is 1. The summed E-state index contributed by atoms with van der Waals surface area (Å²) in [6, 6.07) is 9.95. The molecule has 152 valence electrons. The van der Waals surface area contributed by atoms with Gasteiger partial charge in [0, 0.05) is 37.5 Å². The maximum atomic E-state index is 12.9. The van der Waals surface area contributed by atoms with Crippen molar-refractivity contribution in [2.75, 3.05) is 26.2 Å². The van der Waals surface area contributed by atoms with Gasteiger partial charge in [0.25, 0.3) is 5.91 Å². The van der Waals surface area contributed by atoms with Crippen LogP contribution in [0, 0.1) is 12.3 Å². The summed E-state index contributed by atoms with van der Waals surface area (Å²) in [5, 5.41) is 2.81. The number of nitrogens with zero attached hydrogens (tertiary/aromatic N) is 3. The Balaban J connectivity index is 1.58. The van der Waals surface area contributed by atoms with Crippen LogP contribution >= 0.6 is 11.3 Å². The first kappa shape index (κ1) is 20.9. The zero-order valence-corrected chi connectivity index (χ0v) is 17.4. The number of aromatic nitrogens is 1. The second-order valence-electron chi connectivity index (χ2n) is 6.90. The Kier molecular flexibility index (Phi) is 7.25. The van der Waals surface area contributed by atoms with E-state index in [2.05, 4.69) is 10.9 Å². The molecule has 1 saturated heterocycles. The molecule has 2 amide bonds. The van der Waals surface area contributed by atoms with Gasteiger partial charge in [-0.15, -0.1) is 17.8 Å². The summed E-state index contributed by atoms with van der Waals surface area (Å²) in [4.78, 5) is 32.9. The minimum Gasteiger partial charge on any atom is -0.436 e. The van der Waals surface area contributed by atoms with Crippen molar-refractivity contribution in [2.24, 2.45) is 0 Å². The molecule has 1 aromatic heterocycles. The van der Waals surface area contributed by atoms with E-state index in [4.69, 9.17) is 11.2 Å². The summed E-state index contributed by atoms with van der Waals surface area (Å²) < 4.78 is 4.98. The molecule has 1 fully saturated rings. The number of hydrogen-bond donors (Lipinski definition) is 0. The lowest BCUT2D eigenvalue weighted by Gasteiger charge is -2.30. The third-order valence-corrected chi connectivity index (χ3v) is 6.01. The van der Waals surface area contributed by atoms with Crippen LogP contribution < -0.4 is 0 Å². The molecule has 7 heteroatoms. The van der Waals surface area contributed by atoms with E-state index < -0.39 is 0 Å². The van der Waals surface area contributed by atoms with Crippen LogP contribution in [0.15, 0.2) is 35.7 Å². The van der Waals surface area contributed by atoms with Gasteiger partial charge in [0.1, 0.15) is 5.69 Å². The molecule has 0 spiro atoms. The van der Waals surface area contributed by atoms with Crippen molar-refractivity contribution in [3.8, 4) is 12.3 Å². The smallest absolute Gasteiger partial charge is 0.410 e. The van der Waals surface area contributed by atoms with E-state index in [1.165, 1.54) is 11.3 Å². The summed E-state index contributed by atoms with van der Waals surface area (Å²) in [5.74, 6) is 2.51. The van der Waals surface area contributed by atoms with Gasteiger partial charge in [-0.1, -0.05) is 36.3 Å². The lowest BCUT2D eigenvalue weighted by Crippen LogP contribution is -2.38. The predicted octanol–water partition coefficient (Wildman–Crippen LogP) is 3.75. The highest BCUT2D eigenvalue weighted by Gasteiger charge is 2.27. The highest BCUT2D eigenvalue weighted by molar-refractivity contribution is 7.09. The van der Waals surface area contributed by atoms with Crippen molar-refractivity contribution in [3.05, 3.63) is 52.0 Å². The lowest BCUT2D eigenvalue weighted by molar-refractivity contribution is 0.0747. The first-order valence-electron chi connectivity index (χ1n) is 9.76. The predicted molar refractivity (Wildman–Crippen MR) is 113 cm³/mol. The molecule has 6 nitrogen and oxygen atoms in total. The normalized spacial score (nSPS) is 14.3. The Morgan fingerprint density at radius 3 is 2.69 bits per heavy atom. The summed E-state index contributed by atoms with van der Waals surface area (Å²) in [5.41, 5.74) is 1.60. The van der Waals surface area contributed by atoms with Gasteiger partial charge in [-0.3, -0.25) is 4.79 Å². The Bertz CT molecular complexity index is 867. The Hall–Kier alpha value is -2.85. The third kappa shape index (κ3) is 5.36. The number of benzene rings is 1. The molecule has 0 atom stereocenters. The molecular weight excluding hydrogens is 386 g/mol. The molecule has 3 rings (SSSR count). The van der Waals surface area contributed by atoms with Gasteiger partial charge in [-0.25, -0.2) is 9.78 Å². The van der Waals surface area contributed by atoms with E-state index in [0.717, 1.165) is 23.4 Å². The van der Waals surface area contributed by atoms with Gasteiger partial charge in [0.05, 0.1) is 5.01 Å². The number of likely N-dealkylation sites (tertiary alicyclic amines) is 1. The van der Waals surface area contributed by atoms with Crippen LogP contribution in [-0.2, 0) is 11.3 Å². The number of carbonyl (C=O) groups excluding carboxylic acids is 2. The standard InChI is InChI=1S/C22H25N3O3S/c1-3-14-28-22(27)25-12-10-18(11-13-25)20-23-19(16-29-20)21(26)24(4-2)15-17-8-6-5-7-9-17/h1,5-9,16,18H,4,10-15H2,2H3. The van der Waals surface area contributed by atoms with Crippen molar-refractivity contribution in [2.45, 2.75) is 32.2 Å². The van der Waals surface area contributed by atoms with Crippen molar-refractivity contribution in [1.82, 2.24) is 14.8 Å². The quantitative estimate of drug-likeness (QED) is 0.679. The average molecular weight is 412 g/mol. The molecule has 1 aliphatic heterocycles. The number of amides is 2. The number of piperidine rings is 1. The Morgan fingerprint density at radius 2 is 2.03 bits per heavy atom. The van der Waals surface area contributed by atoms with Crippen molar-refractivity contribution < 1.29 is 14.3 Å². The average Bonchev–Trinajstić information content (AvgIpc) is 3.26. The molecule has 2 heterocycles. The fourth-order valence-corrected chi connectivity index (χ4v) is 4.34. The fourth-order valence-electron chi connectivity index (χ4n) is 3.37. The van der Waals surface area contributed by atoms with Crippen LogP contribution in [0.3, 0.4) is 0 Å². The molecule has 29 heavy (non-hydrogen) atoms. The van der Waals surface area contributed by atoms with Crippen LogP contribution in [0.2, 0.25) is 0 Å². The number of ether oxygens (including phenoxy) is 1. The van der Waals surface area contributed by atoms with Crippen molar-refractivity contribution >= 4 is 23.3 Å². The molecule has 0 unspecified atom stereocenters. The van der Waals surface area contributed by atoms with Crippen LogP contribution in [0.25, 0.3) is 0 Å². The molecular formula is C22H25N3O3S. The van der Waals surface area contributed by atoms with E-state index >= 15 is 0 Å². The fraction of sp³-hybridized carbons (Fsp3) is 0.409. The van der Waals surface area contributed by atoms with E-state index in [0.29, 0.717) is 31.9 Å². The summed E-state index contributed by atoms with van der Waals surface area (Å²) in [6.07, 6.45) is 6.36. The van der Waals surface area contributed by atoms with Gasteiger partial charge < -0.3 is 14.5 Å². The van der Waals surface area contributed by atoms with Gasteiger partial charge >= 0.3 is 6.09 Å². The second-order valence-corrected chi connectivity index (χ2v) is 7.79. The van der Waals surface area contributed by atoms with Crippen LogP contribution in [0.4, 0.5) is 4.79 Å². The van der Waals surface area contributed by atoms with Crippen LogP contribution in [0.5, 0.6) is 0 Å². The van der Waals surface area contributed by atoms with E-state index in [1.54, 1.807) is 9.80 Å². The minimum atomic E-state index is -0.365. The third-order valence-electron chi connectivity index (χ3n) is 5.01. The van der Waals surface area contributed by atoms with Crippen molar-refractivity contribution in [1.29, 1.82) is 0 Å². The Morgan fingerprint density at radius 1 is 1.31 bits per heavy atom. The molecule has 0 bridgehead atoms.